The molecule has 4 aromatic rings. The van der Waals surface area contributed by atoms with E-state index in [1.807, 2.05) is 29.3 Å². The fourth-order valence-corrected chi connectivity index (χ4v) is 3.25. The van der Waals surface area contributed by atoms with Gasteiger partial charge in [-0.2, -0.15) is 5.10 Å². The summed E-state index contributed by atoms with van der Waals surface area (Å²) in [6.07, 6.45) is 7.17. The van der Waals surface area contributed by atoms with Crippen molar-refractivity contribution in [2.75, 3.05) is 6.86 Å². The second kappa shape index (κ2) is 7.30. The summed E-state index contributed by atoms with van der Waals surface area (Å²) in [7, 11) is 0. The maximum atomic E-state index is 13.2. The van der Waals surface area contributed by atoms with Gasteiger partial charge in [-0.15, -0.1) is 0 Å². The van der Waals surface area contributed by atoms with Crippen molar-refractivity contribution in [3.63, 3.8) is 0 Å². The fraction of sp³-hybridized carbons (Fsp3) is 0.250. The van der Waals surface area contributed by atoms with Crippen molar-refractivity contribution in [1.29, 1.82) is 0 Å². The van der Waals surface area contributed by atoms with E-state index >= 15 is 0 Å². The van der Waals surface area contributed by atoms with Gasteiger partial charge < -0.3 is 9.30 Å². The van der Waals surface area contributed by atoms with Crippen LogP contribution in [-0.2, 0) is 13.1 Å². The molecule has 0 fully saturated rings. The Bertz CT molecular complexity index is 1170. The van der Waals surface area contributed by atoms with E-state index in [4.69, 9.17) is 4.74 Å². The van der Waals surface area contributed by atoms with Crippen molar-refractivity contribution in [3.05, 3.63) is 59.5 Å². The first-order valence-corrected chi connectivity index (χ1v) is 9.08. The second-order valence-corrected chi connectivity index (χ2v) is 6.28. The Hall–Kier alpha value is -3.42. The van der Waals surface area contributed by atoms with Crippen molar-refractivity contribution in [1.82, 2.24) is 23.9 Å². The minimum Gasteiger partial charge on any atom is -0.463 e. The normalized spacial score (nSPS) is 11.2. The van der Waals surface area contributed by atoms with Crippen LogP contribution in [0.4, 0.5) is 4.39 Å². The molecule has 3 heterocycles. The van der Waals surface area contributed by atoms with E-state index in [2.05, 4.69) is 10.1 Å². The summed E-state index contributed by atoms with van der Waals surface area (Å²) >= 11 is 0. The monoisotopic (exact) mass is 381 g/mol. The molecule has 0 aliphatic rings. The Labute approximate surface area is 160 Å². The first-order chi connectivity index (χ1) is 13.7. The number of halogens is 1. The highest BCUT2D eigenvalue weighted by molar-refractivity contribution is 5.91. The molecule has 0 aliphatic carbocycles. The van der Waals surface area contributed by atoms with Crippen molar-refractivity contribution in [2.24, 2.45) is 0 Å². The molecular formula is C20H20FN5O2. The SMILES string of the molecule is CCn1cc(-c2cn(-c3ccc(OCF)cc3)c(=O)c3c2ncn3CC)cn1. The zero-order valence-corrected chi connectivity index (χ0v) is 15.7. The van der Waals surface area contributed by atoms with Crippen LogP contribution in [0.15, 0.2) is 54.0 Å². The van der Waals surface area contributed by atoms with Gasteiger partial charge in [0.25, 0.3) is 5.56 Å². The zero-order chi connectivity index (χ0) is 19.7. The van der Waals surface area contributed by atoms with Gasteiger partial charge in [-0.25, -0.2) is 9.37 Å². The summed E-state index contributed by atoms with van der Waals surface area (Å²) in [6, 6.07) is 6.73. The van der Waals surface area contributed by atoms with E-state index in [0.717, 1.165) is 17.7 Å². The molecular weight excluding hydrogens is 361 g/mol. The molecule has 8 heteroatoms. The number of ether oxygens (including phenoxy) is 1. The van der Waals surface area contributed by atoms with E-state index in [0.29, 0.717) is 29.0 Å². The van der Waals surface area contributed by atoms with Crippen molar-refractivity contribution >= 4 is 11.0 Å². The van der Waals surface area contributed by atoms with Gasteiger partial charge in [-0.1, -0.05) is 0 Å². The lowest BCUT2D eigenvalue weighted by molar-refractivity contribution is 0.192. The standard InChI is InChI=1S/C20H20FN5O2/c1-3-24-13-22-18-17(14-9-23-25(4-2)10-14)11-26(20(27)19(18)24)15-5-7-16(8-6-15)28-12-21/h5-11,13H,3-4,12H2,1-2H3. The molecule has 0 radical (unpaired) electrons. The van der Waals surface area contributed by atoms with Crippen LogP contribution >= 0.6 is 0 Å². The lowest BCUT2D eigenvalue weighted by atomic mass is 10.1. The number of aryl methyl sites for hydroxylation is 2. The Morgan fingerprint density at radius 3 is 2.54 bits per heavy atom. The van der Waals surface area contributed by atoms with Gasteiger partial charge in [0.1, 0.15) is 16.8 Å². The van der Waals surface area contributed by atoms with Crippen LogP contribution in [-0.4, -0.2) is 30.8 Å². The van der Waals surface area contributed by atoms with E-state index < -0.39 is 6.86 Å². The summed E-state index contributed by atoms with van der Waals surface area (Å²) < 4.78 is 22.5. The molecule has 144 valence electrons. The first-order valence-electron chi connectivity index (χ1n) is 9.08. The quantitative estimate of drug-likeness (QED) is 0.513. The number of pyridine rings is 1. The zero-order valence-electron chi connectivity index (χ0n) is 15.7. The molecule has 4 rings (SSSR count). The largest absolute Gasteiger partial charge is 0.463 e. The lowest BCUT2D eigenvalue weighted by Gasteiger charge is -2.11. The number of imidazole rings is 1. The minimum absolute atomic E-state index is 0.167. The number of alkyl halides is 1. The third kappa shape index (κ3) is 2.96. The number of benzene rings is 1. The van der Waals surface area contributed by atoms with Crippen molar-refractivity contribution in [2.45, 2.75) is 26.9 Å². The van der Waals surface area contributed by atoms with E-state index in [1.165, 1.54) is 0 Å². The van der Waals surface area contributed by atoms with Gasteiger partial charge in [0.15, 0.2) is 0 Å². The summed E-state index contributed by atoms with van der Waals surface area (Å²) in [5.74, 6) is 0.406. The number of hydrogen-bond donors (Lipinski definition) is 0. The topological polar surface area (TPSA) is 66.9 Å². The van der Waals surface area contributed by atoms with Crippen LogP contribution < -0.4 is 10.3 Å². The van der Waals surface area contributed by atoms with E-state index in [9.17, 15) is 9.18 Å². The highest BCUT2D eigenvalue weighted by Crippen LogP contribution is 2.27. The molecule has 0 unspecified atom stereocenters. The number of nitrogens with zero attached hydrogens (tertiary/aromatic N) is 5. The van der Waals surface area contributed by atoms with Gasteiger partial charge in [0.2, 0.25) is 6.86 Å². The lowest BCUT2D eigenvalue weighted by Crippen LogP contribution is -2.20. The average molecular weight is 381 g/mol. The third-order valence-corrected chi connectivity index (χ3v) is 4.72. The highest BCUT2D eigenvalue weighted by Gasteiger charge is 2.17. The molecule has 0 amide bonds. The van der Waals surface area contributed by atoms with E-state index in [1.54, 1.807) is 47.6 Å². The van der Waals surface area contributed by atoms with Gasteiger partial charge >= 0.3 is 0 Å². The number of aromatic nitrogens is 5. The molecule has 28 heavy (non-hydrogen) atoms. The Morgan fingerprint density at radius 2 is 1.89 bits per heavy atom. The van der Waals surface area contributed by atoms with Crippen LogP contribution in [0.2, 0.25) is 0 Å². The van der Waals surface area contributed by atoms with Crippen LogP contribution in [0, 0.1) is 0 Å². The molecule has 3 aromatic heterocycles. The molecule has 0 atom stereocenters. The molecule has 0 saturated carbocycles. The smallest absolute Gasteiger partial charge is 0.281 e. The fourth-order valence-electron chi connectivity index (χ4n) is 3.25. The Kier molecular flexibility index (Phi) is 4.68. The predicted molar refractivity (Wildman–Crippen MR) is 105 cm³/mol. The van der Waals surface area contributed by atoms with Gasteiger partial charge in [-0.05, 0) is 38.1 Å². The summed E-state index contributed by atoms with van der Waals surface area (Å²) in [6.45, 7) is 4.47. The average Bonchev–Trinajstić information content (AvgIpc) is 3.37. The Morgan fingerprint density at radius 1 is 1.11 bits per heavy atom. The second-order valence-electron chi connectivity index (χ2n) is 6.28. The molecule has 1 aromatic carbocycles. The highest BCUT2D eigenvalue weighted by atomic mass is 19.1. The van der Waals surface area contributed by atoms with Crippen molar-refractivity contribution < 1.29 is 9.13 Å². The molecule has 0 bridgehead atoms. The molecule has 7 nitrogen and oxygen atoms in total. The van der Waals surface area contributed by atoms with Gasteiger partial charge in [-0.3, -0.25) is 14.0 Å². The maximum absolute atomic E-state index is 13.2. The van der Waals surface area contributed by atoms with E-state index in [-0.39, 0.29) is 5.56 Å². The number of rotatable bonds is 6. The third-order valence-electron chi connectivity index (χ3n) is 4.72. The number of hydrogen-bond acceptors (Lipinski definition) is 4. The predicted octanol–water partition coefficient (Wildman–Crippen LogP) is 3.40. The van der Waals surface area contributed by atoms with Crippen molar-refractivity contribution in [3.8, 4) is 22.6 Å². The first kappa shape index (κ1) is 18.0. The van der Waals surface area contributed by atoms with Crippen LogP contribution in [0.1, 0.15) is 13.8 Å². The summed E-state index contributed by atoms with van der Waals surface area (Å²) in [4.78, 5) is 17.7. The molecule has 0 spiro atoms. The van der Waals surface area contributed by atoms with Gasteiger partial charge in [0, 0.05) is 42.3 Å². The Balaban J connectivity index is 1.95. The molecule has 0 aliphatic heterocycles. The van der Waals surface area contributed by atoms with Gasteiger partial charge in [0.05, 0.1) is 12.5 Å². The van der Waals surface area contributed by atoms with Crippen LogP contribution in [0.5, 0.6) is 5.75 Å². The molecule has 0 saturated heterocycles. The van der Waals surface area contributed by atoms with Crippen LogP contribution in [0.3, 0.4) is 0 Å². The summed E-state index contributed by atoms with van der Waals surface area (Å²) in [5.41, 5.74) is 3.39. The minimum atomic E-state index is -0.896. The van der Waals surface area contributed by atoms with Crippen LogP contribution in [0.25, 0.3) is 27.8 Å². The summed E-state index contributed by atoms with van der Waals surface area (Å²) in [5, 5.41) is 4.34. The number of fused-ring (bicyclic) bond motifs is 1. The molecule has 0 N–H and O–H groups in total. The maximum Gasteiger partial charge on any atom is 0.281 e.